The summed E-state index contributed by atoms with van der Waals surface area (Å²) >= 11 is 0. The number of nitrogens with zero attached hydrogens (tertiary/aromatic N) is 3. The van der Waals surface area contributed by atoms with Gasteiger partial charge in [0.2, 0.25) is 5.95 Å². The Labute approximate surface area is 117 Å². The van der Waals surface area contributed by atoms with Crippen LogP contribution in [0.3, 0.4) is 0 Å². The van der Waals surface area contributed by atoms with Crippen molar-refractivity contribution >= 4 is 23.0 Å². The third-order valence-electron chi connectivity index (χ3n) is 3.73. The number of anilines is 1. The van der Waals surface area contributed by atoms with Crippen LogP contribution in [0.4, 0.5) is 5.95 Å². The molecule has 0 unspecified atom stereocenters. The van der Waals surface area contributed by atoms with Crippen molar-refractivity contribution in [3.05, 3.63) is 23.8 Å². The Bertz CT molecular complexity index is 642. The van der Waals surface area contributed by atoms with E-state index in [0.29, 0.717) is 5.56 Å². The fourth-order valence-electron chi connectivity index (χ4n) is 2.64. The van der Waals surface area contributed by atoms with Crippen LogP contribution in [-0.4, -0.2) is 46.8 Å². The standard InChI is InChI=1S/C14H18N4O2/c1-17-12-9-10(13(19)20)3-4-11(12)16-14(17)18-7-2-5-15-6-8-18/h3-4,9,15H,2,5-8H2,1H3,(H,19,20). The zero-order valence-corrected chi connectivity index (χ0v) is 11.5. The van der Waals surface area contributed by atoms with Crippen LogP contribution in [0.15, 0.2) is 18.2 Å². The minimum Gasteiger partial charge on any atom is -0.478 e. The van der Waals surface area contributed by atoms with Gasteiger partial charge in [0.1, 0.15) is 0 Å². The summed E-state index contributed by atoms with van der Waals surface area (Å²) in [5.41, 5.74) is 1.99. The average molecular weight is 274 g/mol. The summed E-state index contributed by atoms with van der Waals surface area (Å²) in [6.07, 6.45) is 1.09. The first-order valence-corrected chi connectivity index (χ1v) is 6.82. The number of aromatic nitrogens is 2. The third-order valence-corrected chi connectivity index (χ3v) is 3.73. The molecule has 2 aromatic rings. The smallest absolute Gasteiger partial charge is 0.335 e. The molecular formula is C14H18N4O2. The van der Waals surface area contributed by atoms with Gasteiger partial charge in [0.25, 0.3) is 0 Å². The molecular weight excluding hydrogens is 256 g/mol. The lowest BCUT2D eigenvalue weighted by atomic mass is 10.2. The maximum Gasteiger partial charge on any atom is 0.335 e. The van der Waals surface area contributed by atoms with Crippen LogP contribution in [0, 0.1) is 0 Å². The number of nitrogens with one attached hydrogen (secondary N) is 1. The van der Waals surface area contributed by atoms with Crippen LogP contribution in [0.25, 0.3) is 11.0 Å². The molecule has 0 aliphatic carbocycles. The van der Waals surface area contributed by atoms with Crippen LogP contribution < -0.4 is 10.2 Å². The van der Waals surface area contributed by atoms with Gasteiger partial charge in [-0.15, -0.1) is 0 Å². The van der Waals surface area contributed by atoms with Gasteiger partial charge in [-0.1, -0.05) is 0 Å². The van der Waals surface area contributed by atoms with Crippen molar-refractivity contribution in [2.75, 3.05) is 31.1 Å². The molecule has 2 N–H and O–H groups in total. The van der Waals surface area contributed by atoms with Crippen LogP contribution in [0.2, 0.25) is 0 Å². The highest BCUT2D eigenvalue weighted by atomic mass is 16.4. The molecule has 0 spiro atoms. The first-order valence-electron chi connectivity index (χ1n) is 6.82. The molecule has 2 heterocycles. The van der Waals surface area contributed by atoms with E-state index in [4.69, 9.17) is 5.11 Å². The average Bonchev–Trinajstić information content (AvgIpc) is 2.64. The van der Waals surface area contributed by atoms with E-state index in [2.05, 4.69) is 15.2 Å². The molecule has 6 heteroatoms. The number of carbonyl (C=O) groups is 1. The fraction of sp³-hybridized carbons (Fsp3) is 0.429. The van der Waals surface area contributed by atoms with E-state index in [-0.39, 0.29) is 0 Å². The monoisotopic (exact) mass is 274 g/mol. The number of aromatic carboxylic acids is 1. The summed E-state index contributed by atoms with van der Waals surface area (Å²) in [6.45, 7) is 3.87. The highest BCUT2D eigenvalue weighted by molar-refractivity contribution is 5.93. The lowest BCUT2D eigenvalue weighted by Crippen LogP contribution is -2.29. The number of carboxylic acid groups (broad SMARTS) is 1. The van der Waals surface area contributed by atoms with E-state index in [0.717, 1.165) is 49.6 Å². The van der Waals surface area contributed by atoms with Crippen LogP contribution in [-0.2, 0) is 7.05 Å². The van der Waals surface area contributed by atoms with Crippen molar-refractivity contribution < 1.29 is 9.90 Å². The summed E-state index contributed by atoms with van der Waals surface area (Å²) < 4.78 is 1.98. The molecule has 20 heavy (non-hydrogen) atoms. The summed E-state index contributed by atoms with van der Waals surface area (Å²) in [5.74, 6) is -0.000128. The predicted molar refractivity (Wildman–Crippen MR) is 77.4 cm³/mol. The van der Waals surface area contributed by atoms with Crippen molar-refractivity contribution in [1.29, 1.82) is 0 Å². The normalized spacial score (nSPS) is 16.4. The van der Waals surface area contributed by atoms with Crippen LogP contribution >= 0.6 is 0 Å². The quantitative estimate of drug-likeness (QED) is 0.857. The molecule has 3 rings (SSSR count). The second-order valence-electron chi connectivity index (χ2n) is 5.07. The minimum absolute atomic E-state index is 0.296. The SMILES string of the molecule is Cn1c(N2CCCNCC2)nc2ccc(C(=O)O)cc21. The van der Waals surface area contributed by atoms with E-state index in [1.807, 2.05) is 11.6 Å². The van der Waals surface area contributed by atoms with Crippen molar-refractivity contribution in [2.45, 2.75) is 6.42 Å². The van der Waals surface area contributed by atoms with Gasteiger partial charge in [-0.3, -0.25) is 0 Å². The van der Waals surface area contributed by atoms with Crippen LogP contribution in [0.5, 0.6) is 0 Å². The maximum atomic E-state index is 11.1. The molecule has 1 saturated heterocycles. The molecule has 6 nitrogen and oxygen atoms in total. The Morgan fingerprint density at radius 1 is 1.35 bits per heavy atom. The highest BCUT2D eigenvalue weighted by Crippen LogP contribution is 2.22. The maximum absolute atomic E-state index is 11.1. The zero-order valence-electron chi connectivity index (χ0n) is 11.5. The Morgan fingerprint density at radius 2 is 2.20 bits per heavy atom. The molecule has 0 atom stereocenters. The zero-order chi connectivity index (χ0) is 14.1. The van der Waals surface area contributed by atoms with E-state index < -0.39 is 5.97 Å². The lowest BCUT2D eigenvalue weighted by Gasteiger charge is -2.20. The molecule has 106 valence electrons. The summed E-state index contributed by atoms with van der Waals surface area (Å²) in [7, 11) is 1.94. The van der Waals surface area contributed by atoms with Gasteiger partial charge in [-0.2, -0.15) is 0 Å². The number of hydrogen-bond acceptors (Lipinski definition) is 4. The van der Waals surface area contributed by atoms with Gasteiger partial charge in [0, 0.05) is 26.7 Å². The number of hydrogen-bond donors (Lipinski definition) is 2. The number of carboxylic acids is 1. The number of imidazole rings is 1. The Hall–Kier alpha value is -2.08. The molecule has 1 aliphatic rings. The van der Waals surface area contributed by atoms with Gasteiger partial charge >= 0.3 is 5.97 Å². The van der Waals surface area contributed by atoms with Gasteiger partial charge in [0.15, 0.2) is 0 Å². The largest absolute Gasteiger partial charge is 0.478 e. The molecule has 1 aromatic carbocycles. The van der Waals surface area contributed by atoms with Gasteiger partial charge in [-0.25, -0.2) is 9.78 Å². The number of aryl methyl sites for hydroxylation is 1. The molecule has 0 radical (unpaired) electrons. The molecule has 1 fully saturated rings. The van der Waals surface area contributed by atoms with Crippen molar-refractivity contribution in [3.8, 4) is 0 Å². The van der Waals surface area contributed by atoms with Gasteiger partial charge in [-0.05, 0) is 31.2 Å². The Balaban J connectivity index is 2.03. The first kappa shape index (κ1) is 12.9. The highest BCUT2D eigenvalue weighted by Gasteiger charge is 2.17. The summed E-state index contributed by atoms with van der Waals surface area (Å²) in [4.78, 5) is 18.0. The predicted octanol–water partition coefficient (Wildman–Crippen LogP) is 1.07. The molecule has 1 aliphatic heterocycles. The minimum atomic E-state index is -0.909. The van der Waals surface area contributed by atoms with Crippen molar-refractivity contribution in [3.63, 3.8) is 0 Å². The third kappa shape index (κ3) is 2.22. The fourth-order valence-corrected chi connectivity index (χ4v) is 2.64. The second kappa shape index (κ2) is 5.13. The van der Waals surface area contributed by atoms with Gasteiger partial charge < -0.3 is 19.9 Å². The number of benzene rings is 1. The lowest BCUT2D eigenvalue weighted by molar-refractivity contribution is 0.0697. The molecule has 0 amide bonds. The number of rotatable bonds is 2. The molecule has 1 aromatic heterocycles. The Kier molecular flexibility index (Phi) is 3.31. The topological polar surface area (TPSA) is 70.4 Å². The van der Waals surface area contributed by atoms with Crippen LogP contribution in [0.1, 0.15) is 16.8 Å². The van der Waals surface area contributed by atoms with Crippen molar-refractivity contribution in [1.82, 2.24) is 14.9 Å². The van der Waals surface area contributed by atoms with E-state index >= 15 is 0 Å². The van der Waals surface area contributed by atoms with Crippen molar-refractivity contribution in [2.24, 2.45) is 7.05 Å². The van der Waals surface area contributed by atoms with E-state index in [1.54, 1.807) is 18.2 Å². The first-order chi connectivity index (χ1) is 9.66. The number of fused-ring (bicyclic) bond motifs is 1. The molecule has 0 bridgehead atoms. The Morgan fingerprint density at radius 3 is 3.00 bits per heavy atom. The molecule has 0 saturated carbocycles. The second-order valence-corrected chi connectivity index (χ2v) is 5.07. The van der Waals surface area contributed by atoms with E-state index in [9.17, 15) is 4.79 Å². The summed E-state index contributed by atoms with van der Waals surface area (Å²) in [5, 5.41) is 12.4. The summed E-state index contributed by atoms with van der Waals surface area (Å²) in [6, 6.07) is 5.06. The van der Waals surface area contributed by atoms with Gasteiger partial charge in [0.05, 0.1) is 16.6 Å². The van der Waals surface area contributed by atoms with E-state index in [1.165, 1.54) is 0 Å².